The van der Waals surface area contributed by atoms with Crippen molar-refractivity contribution in [3.8, 4) is 11.5 Å². The lowest BCUT2D eigenvalue weighted by molar-refractivity contribution is -0.145. The van der Waals surface area contributed by atoms with E-state index < -0.39 is 23.7 Å². The molecule has 0 aromatic heterocycles. The monoisotopic (exact) mass is 429 g/mol. The Balaban J connectivity index is 2.27. The molecule has 0 aliphatic carbocycles. The summed E-state index contributed by atoms with van der Waals surface area (Å²) in [6.07, 6.45) is 1.50. The number of carbonyl (C=O) groups excluding carboxylic acids is 3. The molecule has 0 bridgehead atoms. The molecule has 0 unspecified atom stereocenters. The zero-order chi connectivity index (χ0) is 18.6. The third-order valence-electron chi connectivity index (χ3n) is 3.13. The number of imide groups is 1. The number of hydrogen-bond donors (Lipinski definition) is 1. The molecule has 1 aliphatic rings. The summed E-state index contributed by atoms with van der Waals surface area (Å²) in [5.74, 6) is -0.986. The Morgan fingerprint density at radius 3 is 2.68 bits per heavy atom. The molecule has 0 saturated carbocycles. The summed E-state index contributed by atoms with van der Waals surface area (Å²) in [5, 5.41) is 9.29. The van der Waals surface area contributed by atoms with Gasteiger partial charge < -0.3 is 14.6 Å². The Labute approximate surface area is 157 Å². The molecule has 1 N–H and O–H groups in total. The lowest BCUT2D eigenvalue weighted by Crippen LogP contribution is -2.34. The fraction of sp³-hybridized carbons (Fsp3) is 0.312. The van der Waals surface area contributed by atoms with E-state index in [0.29, 0.717) is 16.6 Å². The molecule has 1 heterocycles. The number of ether oxygens (including phenoxy) is 2. The van der Waals surface area contributed by atoms with Crippen molar-refractivity contribution < 1.29 is 29.0 Å². The highest BCUT2D eigenvalue weighted by molar-refractivity contribution is 9.10. The van der Waals surface area contributed by atoms with E-state index in [-0.39, 0.29) is 23.0 Å². The Hall–Kier alpha value is -2.00. The van der Waals surface area contributed by atoms with Gasteiger partial charge in [0.15, 0.2) is 11.5 Å². The number of thioether (sulfide) groups is 1. The highest BCUT2D eigenvalue weighted by Gasteiger charge is 2.36. The summed E-state index contributed by atoms with van der Waals surface area (Å²) in [6, 6.07) is 3.00. The number of hydrogen-bond acceptors (Lipinski definition) is 7. The second-order valence-electron chi connectivity index (χ2n) is 4.85. The van der Waals surface area contributed by atoms with Gasteiger partial charge in [-0.25, -0.2) is 0 Å². The molecule has 2 rings (SSSR count). The Kier molecular flexibility index (Phi) is 6.49. The lowest BCUT2D eigenvalue weighted by atomic mass is 10.2. The highest BCUT2D eigenvalue weighted by Crippen LogP contribution is 2.37. The fourth-order valence-electron chi connectivity index (χ4n) is 2.05. The molecular weight excluding hydrogens is 414 g/mol. The van der Waals surface area contributed by atoms with Gasteiger partial charge in [0.2, 0.25) is 0 Å². The number of phenols is 1. The van der Waals surface area contributed by atoms with Crippen molar-refractivity contribution in [2.45, 2.75) is 13.8 Å². The number of aromatic hydroxyl groups is 1. The number of halogens is 1. The number of esters is 1. The van der Waals surface area contributed by atoms with Crippen molar-refractivity contribution >= 4 is 50.9 Å². The molecule has 1 aliphatic heterocycles. The molecule has 25 heavy (non-hydrogen) atoms. The lowest BCUT2D eigenvalue weighted by Gasteiger charge is -2.11. The fourth-order valence-corrected chi connectivity index (χ4v) is 3.33. The Morgan fingerprint density at radius 1 is 1.32 bits per heavy atom. The van der Waals surface area contributed by atoms with E-state index in [1.54, 1.807) is 19.9 Å². The van der Waals surface area contributed by atoms with Gasteiger partial charge >= 0.3 is 5.97 Å². The van der Waals surface area contributed by atoms with Gasteiger partial charge in [0.05, 0.1) is 18.1 Å². The van der Waals surface area contributed by atoms with Crippen LogP contribution in [0.25, 0.3) is 6.08 Å². The van der Waals surface area contributed by atoms with Crippen LogP contribution in [0.3, 0.4) is 0 Å². The molecule has 7 nitrogen and oxygen atoms in total. The molecule has 0 spiro atoms. The molecule has 0 atom stereocenters. The van der Waals surface area contributed by atoms with Gasteiger partial charge in [-0.05, 0) is 49.4 Å². The Bertz CT molecular complexity index is 748. The standard InChI is InChI=1S/C16H16BrNO6S/c1-3-23-12-5-9(10(17)7-11(12)19)6-13-15(21)18(16(22)25-13)8-14(20)24-4-2/h5-7,19H,3-4,8H2,1-2H3. The number of rotatable bonds is 6. The zero-order valence-electron chi connectivity index (χ0n) is 13.6. The predicted octanol–water partition coefficient (Wildman–Crippen LogP) is 3.15. The summed E-state index contributed by atoms with van der Waals surface area (Å²) >= 11 is 4.03. The van der Waals surface area contributed by atoms with E-state index in [9.17, 15) is 19.5 Å². The first-order valence-electron chi connectivity index (χ1n) is 7.43. The summed E-state index contributed by atoms with van der Waals surface area (Å²) in [4.78, 5) is 36.9. The van der Waals surface area contributed by atoms with Gasteiger partial charge in [-0.2, -0.15) is 0 Å². The van der Waals surface area contributed by atoms with Crippen LogP contribution in [0.5, 0.6) is 11.5 Å². The van der Waals surface area contributed by atoms with E-state index in [1.165, 1.54) is 12.1 Å². The molecule has 134 valence electrons. The summed E-state index contributed by atoms with van der Waals surface area (Å²) in [6.45, 7) is 3.54. The van der Waals surface area contributed by atoms with Crippen LogP contribution in [0.4, 0.5) is 4.79 Å². The number of phenolic OH excluding ortho intramolecular Hbond substituents is 1. The van der Waals surface area contributed by atoms with Gasteiger partial charge in [-0.15, -0.1) is 0 Å². The van der Waals surface area contributed by atoms with Crippen LogP contribution in [0.2, 0.25) is 0 Å². The SMILES string of the molecule is CCOC(=O)CN1C(=O)SC(=Cc2cc(OCC)c(O)cc2Br)C1=O. The average Bonchev–Trinajstić information content (AvgIpc) is 2.80. The zero-order valence-corrected chi connectivity index (χ0v) is 16.0. The maximum atomic E-state index is 12.4. The van der Waals surface area contributed by atoms with Crippen LogP contribution >= 0.6 is 27.7 Å². The van der Waals surface area contributed by atoms with Crippen LogP contribution in [-0.4, -0.2) is 46.9 Å². The van der Waals surface area contributed by atoms with Gasteiger partial charge in [0.25, 0.3) is 11.1 Å². The minimum atomic E-state index is -0.643. The van der Waals surface area contributed by atoms with Crippen molar-refractivity contribution in [2.75, 3.05) is 19.8 Å². The van der Waals surface area contributed by atoms with Gasteiger partial charge in [-0.1, -0.05) is 15.9 Å². The van der Waals surface area contributed by atoms with E-state index in [2.05, 4.69) is 15.9 Å². The van der Waals surface area contributed by atoms with E-state index >= 15 is 0 Å². The molecule has 1 aromatic carbocycles. The van der Waals surface area contributed by atoms with Crippen LogP contribution in [0, 0.1) is 0 Å². The van der Waals surface area contributed by atoms with Crippen molar-refractivity contribution in [1.82, 2.24) is 4.90 Å². The largest absolute Gasteiger partial charge is 0.504 e. The average molecular weight is 430 g/mol. The first kappa shape index (κ1) is 19.3. The molecular formula is C16H16BrNO6S. The Morgan fingerprint density at radius 2 is 2.04 bits per heavy atom. The van der Waals surface area contributed by atoms with E-state index in [0.717, 1.165) is 16.7 Å². The first-order valence-corrected chi connectivity index (χ1v) is 9.04. The van der Waals surface area contributed by atoms with Crippen LogP contribution in [0.1, 0.15) is 19.4 Å². The normalized spacial score (nSPS) is 15.8. The smallest absolute Gasteiger partial charge is 0.326 e. The first-order chi connectivity index (χ1) is 11.9. The minimum Gasteiger partial charge on any atom is -0.504 e. The molecule has 0 radical (unpaired) electrons. The van der Waals surface area contributed by atoms with Crippen LogP contribution in [0.15, 0.2) is 21.5 Å². The number of nitrogens with zero attached hydrogens (tertiary/aromatic N) is 1. The highest BCUT2D eigenvalue weighted by atomic mass is 79.9. The maximum absolute atomic E-state index is 12.4. The third-order valence-corrected chi connectivity index (χ3v) is 4.72. The molecule has 1 aromatic rings. The predicted molar refractivity (Wildman–Crippen MR) is 96.3 cm³/mol. The second-order valence-corrected chi connectivity index (χ2v) is 6.69. The summed E-state index contributed by atoms with van der Waals surface area (Å²) in [7, 11) is 0. The van der Waals surface area contributed by atoms with Crippen LogP contribution in [-0.2, 0) is 14.3 Å². The number of benzene rings is 1. The van der Waals surface area contributed by atoms with Gasteiger partial charge in [0, 0.05) is 4.47 Å². The van der Waals surface area contributed by atoms with Crippen molar-refractivity contribution in [3.05, 3.63) is 27.1 Å². The van der Waals surface area contributed by atoms with Crippen LogP contribution < -0.4 is 4.74 Å². The molecule has 2 amide bonds. The van der Waals surface area contributed by atoms with Crippen molar-refractivity contribution in [3.63, 3.8) is 0 Å². The molecule has 9 heteroatoms. The van der Waals surface area contributed by atoms with Crippen molar-refractivity contribution in [2.24, 2.45) is 0 Å². The number of carbonyl (C=O) groups is 3. The van der Waals surface area contributed by atoms with Gasteiger partial charge in [0.1, 0.15) is 6.54 Å². The van der Waals surface area contributed by atoms with E-state index in [4.69, 9.17) is 9.47 Å². The third kappa shape index (κ3) is 4.55. The molecule has 1 fully saturated rings. The second kappa shape index (κ2) is 8.39. The van der Waals surface area contributed by atoms with E-state index in [1.807, 2.05) is 0 Å². The van der Waals surface area contributed by atoms with Gasteiger partial charge in [-0.3, -0.25) is 19.3 Å². The number of amides is 2. The maximum Gasteiger partial charge on any atom is 0.326 e. The summed E-state index contributed by atoms with van der Waals surface area (Å²) < 4.78 is 10.6. The summed E-state index contributed by atoms with van der Waals surface area (Å²) in [5.41, 5.74) is 0.558. The minimum absolute atomic E-state index is 0.0405. The molecule has 1 saturated heterocycles. The topological polar surface area (TPSA) is 93.1 Å². The quantitative estimate of drug-likeness (QED) is 0.548. The van der Waals surface area contributed by atoms with Crippen molar-refractivity contribution in [1.29, 1.82) is 0 Å².